The topological polar surface area (TPSA) is 346 Å². The van der Waals surface area contributed by atoms with Crippen LogP contribution in [0.3, 0.4) is 0 Å². The second-order valence-electron chi connectivity index (χ2n) is 12.9. The van der Waals surface area contributed by atoms with Crippen LogP contribution in [0.2, 0.25) is 0 Å². The first-order chi connectivity index (χ1) is 30.5. The van der Waals surface area contributed by atoms with Crippen LogP contribution in [-0.2, 0) is 41.0 Å². The molecule has 0 fully saturated rings. The molecule has 1 atom stereocenters. The molecule has 8 rings (SSSR count). The standard InChI is InChI=1S/C35H26N8O17S4/c1-37-25-13-21(63(47,48)49)7-17-8-28(58-62(45)46)32-35(31(17)25)56-14-53-26-10-18(2-4-23(26)38-40-32)42-43(44)19-3-5-24-27(11-19)54-15-55-34-30-16(6-20(12-22(30)36)57-59-60-61)9-29(64(50,51)52)33(34)41-39-24/h2-13,37,61H,14-15,36H2,1H3,(H,45,46)(H,47,48,49)(H,50,51,52). The van der Waals surface area contributed by atoms with Gasteiger partial charge < -0.3 is 44.3 Å². The van der Waals surface area contributed by atoms with E-state index >= 15 is 0 Å². The summed E-state index contributed by atoms with van der Waals surface area (Å²) >= 11 is 0.524. The first kappa shape index (κ1) is 43.7. The fourth-order valence-electron chi connectivity index (χ4n) is 6.43. The number of benzene rings is 6. The first-order valence-corrected chi connectivity index (χ1v) is 21.7. The van der Waals surface area contributed by atoms with Crippen LogP contribution in [0.5, 0.6) is 34.5 Å². The quantitative estimate of drug-likeness (QED) is 0.00873. The van der Waals surface area contributed by atoms with Crippen molar-refractivity contribution >= 4 is 112 Å². The van der Waals surface area contributed by atoms with E-state index in [2.05, 4.69) is 53.2 Å². The molecule has 25 nitrogen and oxygen atoms in total. The first-order valence-electron chi connectivity index (χ1n) is 17.5. The Bertz CT molecular complexity index is 3260. The zero-order valence-corrected chi connectivity index (χ0v) is 35.2. The summed E-state index contributed by atoms with van der Waals surface area (Å²) < 4.78 is 123. The normalized spacial score (nSPS) is 14.2. The summed E-state index contributed by atoms with van der Waals surface area (Å²) in [7, 11) is -8.17. The molecule has 6 aromatic carbocycles. The number of azo groups is 3. The van der Waals surface area contributed by atoms with Gasteiger partial charge in [0.1, 0.15) is 27.6 Å². The molecule has 0 bridgehead atoms. The Morgan fingerprint density at radius 3 is 2.14 bits per heavy atom. The highest BCUT2D eigenvalue weighted by Crippen LogP contribution is 2.50. The fourth-order valence-corrected chi connectivity index (χ4v) is 7.94. The molecule has 0 aliphatic carbocycles. The number of nitrogens with two attached hydrogens (primary N) is 1. The maximum Gasteiger partial charge on any atom is 0.357 e. The van der Waals surface area contributed by atoms with Crippen LogP contribution in [0.4, 0.5) is 45.5 Å². The summed E-state index contributed by atoms with van der Waals surface area (Å²) in [5.41, 5.74) is 5.88. The van der Waals surface area contributed by atoms with Gasteiger partial charge in [-0.15, -0.1) is 24.8 Å². The monoisotopic (exact) mass is 958 g/mol. The Labute approximate surface area is 366 Å². The van der Waals surface area contributed by atoms with Crippen molar-refractivity contribution in [3.05, 3.63) is 78.0 Å². The summed E-state index contributed by atoms with van der Waals surface area (Å²) in [5, 5.41) is 41.9. The van der Waals surface area contributed by atoms with Crippen molar-refractivity contribution in [1.82, 2.24) is 0 Å². The molecule has 332 valence electrons. The summed E-state index contributed by atoms with van der Waals surface area (Å²) in [4.78, 5) is 3.93. The molecule has 0 saturated carbocycles. The third kappa shape index (κ3) is 8.81. The molecular formula is C35H26N8O17S4. The van der Waals surface area contributed by atoms with E-state index in [9.17, 15) is 39.9 Å². The van der Waals surface area contributed by atoms with Gasteiger partial charge in [0.05, 0.1) is 11.0 Å². The second-order valence-corrected chi connectivity index (χ2v) is 16.5. The van der Waals surface area contributed by atoms with Crippen molar-refractivity contribution in [2.24, 2.45) is 25.6 Å². The molecule has 0 aromatic heterocycles. The largest absolute Gasteiger partial charge is 0.594 e. The number of fused-ring (bicyclic) bond motifs is 8. The van der Waals surface area contributed by atoms with Gasteiger partial charge in [-0.1, -0.05) is 0 Å². The van der Waals surface area contributed by atoms with E-state index < -0.39 is 60.7 Å². The third-order valence-corrected chi connectivity index (χ3v) is 11.2. The number of ether oxygens (including phenoxy) is 4. The molecule has 29 heteroatoms. The van der Waals surface area contributed by atoms with Crippen LogP contribution < -0.4 is 39.1 Å². The minimum absolute atomic E-state index is 0.00212. The minimum Gasteiger partial charge on any atom is -0.594 e. The highest BCUT2D eigenvalue weighted by molar-refractivity contribution is 7.86. The molecule has 1 unspecified atom stereocenters. The summed E-state index contributed by atoms with van der Waals surface area (Å²) in [6.07, 6.45) is 0. The van der Waals surface area contributed by atoms with E-state index in [4.69, 9.17) is 33.8 Å². The second kappa shape index (κ2) is 17.3. The number of anilines is 2. The zero-order chi connectivity index (χ0) is 45.5. The molecule has 64 heavy (non-hydrogen) atoms. The van der Waals surface area contributed by atoms with Crippen LogP contribution in [0, 0.1) is 5.21 Å². The number of rotatable bonds is 10. The van der Waals surface area contributed by atoms with Crippen molar-refractivity contribution in [2.75, 3.05) is 31.7 Å². The summed E-state index contributed by atoms with van der Waals surface area (Å²) in [6, 6.07) is 15.1. The highest BCUT2D eigenvalue weighted by atomic mass is 32.2. The number of nitrogens with one attached hydrogen (secondary N) is 1. The fraction of sp³-hybridized carbons (Fsp3) is 0.0857. The van der Waals surface area contributed by atoms with Gasteiger partial charge in [0.25, 0.3) is 20.2 Å². The number of nitrogens with zero attached hydrogens (tertiary/aromatic N) is 6. The Hall–Kier alpha value is -6.96. The van der Waals surface area contributed by atoms with E-state index in [1.165, 1.54) is 61.6 Å². The molecule has 2 aliphatic heterocycles. The lowest BCUT2D eigenvalue weighted by molar-refractivity contribution is -0.435. The van der Waals surface area contributed by atoms with Crippen molar-refractivity contribution in [3.63, 3.8) is 0 Å². The van der Waals surface area contributed by atoms with Gasteiger partial charge >= 0.3 is 11.4 Å². The van der Waals surface area contributed by atoms with Crippen LogP contribution in [-0.4, -0.2) is 60.2 Å². The SMILES string of the molecule is CNc1cc(S(=O)(=O)O)cc2cc(OS(=O)O)c3c(c12)OCOc1cc(N=[N+]([O-])c2ccc4c(c2)OCOc2c(c(S(=O)(=O)O)cc5cc(OOOS)cc(N)c25)N=N4)ccc1N=N3. The minimum atomic E-state index is -4.95. The van der Waals surface area contributed by atoms with Crippen LogP contribution in [0.1, 0.15) is 0 Å². The highest BCUT2D eigenvalue weighted by Gasteiger charge is 2.28. The molecule has 0 saturated heterocycles. The predicted molar refractivity (Wildman–Crippen MR) is 224 cm³/mol. The average molecular weight is 959 g/mol. The van der Waals surface area contributed by atoms with E-state index in [0.717, 1.165) is 18.2 Å². The Balaban J connectivity index is 1.10. The Morgan fingerprint density at radius 1 is 0.828 bits per heavy atom. The lowest BCUT2D eigenvalue weighted by Crippen LogP contribution is -2.08. The van der Waals surface area contributed by atoms with Gasteiger partial charge in [-0.3, -0.25) is 13.7 Å². The van der Waals surface area contributed by atoms with Gasteiger partial charge in [0.15, 0.2) is 40.2 Å². The lowest BCUT2D eigenvalue weighted by Gasteiger charge is -2.17. The van der Waals surface area contributed by atoms with Gasteiger partial charge in [-0.25, -0.2) is 0 Å². The van der Waals surface area contributed by atoms with Crippen molar-refractivity contribution in [3.8, 4) is 34.5 Å². The zero-order valence-electron chi connectivity index (χ0n) is 31.8. The molecule has 2 aliphatic rings. The molecule has 2 heterocycles. The molecular weight excluding hydrogens is 933 g/mol. The van der Waals surface area contributed by atoms with Gasteiger partial charge in [0, 0.05) is 65.4 Å². The Morgan fingerprint density at radius 2 is 1.48 bits per heavy atom. The van der Waals surface area contributed by atoms with Crippen LogP contribution in [0.15, 0.2) is 108 Å². The smallest absolute Gasteiger partial charge is 0.357 e. The molecule has 6 aromatic rings. The maximum atomic E-state index is 13.5. The Kier molecular flexibility index (Phi) is 11.8. The van der Waals surface area contributed by atoms with Gasteiger partial charge in [0.2, 0.25) is 19.3 Å². The maximum absolute atomic E-state index is 13.5. The van der Waals surface area contributed by atoms with Crippen molar-refractivity contribution < 1.29 is 77.0 Å². The van der Waals surface area contributed by atoms with Gasteiger partial charge in [-0.05, 0) is 69.2 Å². The summed E-state index contributed by atoms with van der Waals surface area (Å²) in [5.74, 6) is -0.749. The third-order valence-electron chi connectivity index (χ3n) is 9.07. The van der Waals surface area contributed by atoms with E-state index in [-0.39, 0.29) is 101 Å². The van der Waals surface area contributed by atoms with E-state index in [1.807, 2.05) is 0 Å². The number of hydrogen-bond donors (Lipinski definition) is 6. The van der Waals surface area contributed by atoms with Crippen molar-refractivity contribution in [1.29, 1.82) is 0 Å². The molecule has 0 spiro atoms. The predicted octanol–water partition coefficient (Wildman–Crippen LogP) is 7.93. The van der Waals surface area contributed by atoms with Gasteiger partial charge in [-0.2, -0.15) is 21.0 Å². The summed E-state index contributed by atoms with van der Waals surface area (Å²) in [6.45, 7) is -1.15. The molecule has 0 amide bonds. The lowest BCUT2D eigenvalue weighted by atomic mass is 10.1. The molecule has 0 radical (unpaired) electrons. The molecule has 6 N–H and O–H groups in total. The van der Waals surface area contributed by atoms with E-state index in [0.29, 0.717) is 0 Å². The van der Waals surface area contributed by atoms with Crippen LogP contribution in [0.25, 0.3) is 21.5 Å². The average Bonchev–Trinajstić information content (AvgIpc) is 3.39. The van der Waals surface area contributed by atoms with Crippen molar-refractivity contribution in [2.45, 2.75) is 9.79 Å². The number of nitrogen functional groups attached to an aromatic ring is 1. The van der Waals surface area contributed by atoms with Crippen LogP contribution >= 0.6 is 12.9 Å². The number of thiol groups is 1. The number of hydrogen-bond acceptors (Lipinski definition) is 22. The van der Waals surface area contributed by atoms with E-state index in [1.54, 1.807) is 0 Å².